The largest absolute Gasteiger partial charge is 0.419 e. The van der Waals surface area contributed by atoms with E-state index in [0.717, 1.165) is 12.4 Å². The summed E-state index contributed by atoms with van der Waals surface area (Å²) in [6, 6.07) is -0.557. The third-order valence-electron chi connectivity index (χ3n) is 3.23. The van der Waals surface area contributed by atoms with Gasteiger partial charge in [0.1, 0.15) is 0 Å². The molecule has 2 heterocycles. The Morgan fingerprint density at radius 1 is 1.24 bits per heavy atom. The van der Waals surface area contributed by atoms with Crippen LogP contribution in [0.2, 0.25) is 0 Å². The van der Waals surface area contributed by atoms with E-state index in [9.17, 15) is 18.0 Å². The number of halogens is 3. The van der Waals surface area contributed by atoms with Crippen molar-refractivity contribution < 1.29 is 18.0 Å². The van der Waals surface area contributed by atoms with Gasteiger partial charge in [-0.15, -0.1) is 0 Å². The predicted octanol–water partition coefficient (Wildman–Crippen LogP) is 0.491. The lowest BCUT2D eigenvalue weighted by Gasteiger charge is -2.35. The standard InChI is InChI=1S/C12H16F3N5O/c1-8(16)10(21)19-2-4-20(5-3-19)11-17-6-9(7-18-11)12(13,14)15/h6-8H,2-5,16H2,1H3. The van der Waals surface area contributed by atoms with Crippen LogP contribution in [0.25, 0.3) is 0 Å². The van der Waals surface area contributed by atoms with Gasteiger partial charge < -0.3 is 15.5 Å². The Morgan fingerprint density at radius 2 is 1.76 bits per heavy atom. The van der Waals surface area contributed by atoms with Gasteiger partial charge in [-0.3, -0.25) is 4.79 Å². The van der Waals surface area contributed by atoms with Crippen molar-refractivity contribution >= 4 is 11.9 Å². The summed E-state index contributed by atoms with van der Waals surface area (Å²) in [5.74, 6) is 0.0962. The number of carbonyl (C=O) groups is 1. The number of amides is 1. The van der Waals surface area contributed by atoms with E-state index in [0.29, 0.717) is 26.2 Å². The zero-order valence-corrected chi connectivity index (χ0v) is 11.5. The first-order valence-corrected chi connectivity index (χ1v) is 6.47. The van der Waals surface area contributed by atoms with Crippen molar-refractivity contribution in [3.63, 3.8) is 0 Å². The number of hydrogen-bond donors (Lipinski definition) is 1. The van der Waals surface area contributed by atoms with E-state index in [1.54, 1.807) is 16.7 Å². The Hall–Kier alpha value is -1.90. The molecule has 0 bridgehead atoms. The molecule has 1 unspecified atom stereocenters. The Labute approximate surface area is 119 Å². The van der Waals surface area contributed by atoms with Gasteiger partial charge in [-0.25, -0.2) is 9.97 Å². The molecule has 0 aromatic carbocycles. The molecule has 1 amide bonds. The average molecular weight is 303 g/mol. The minimum atomic E-state index is -4.44. The van der Waals surface area contributed by atoms with Crippen LogP contribution in [0.4, 0.5) is 19.1 Å². The van der Waals surface area contributed by atoms with E-state index >= 15 is 0 Å². The van der Waals surface area contributed by atoms with Crippen LogP contribution in [-0.2, 0) is 11.0 Å². The molecule has 21 heavy (non-hydrogen) atoms. The second kappa shape index (κ2) is 5.84. The van der Waals surface area contributed by atoms with Crippen LogP contribution in [0, 0.1) is 0 Å². The molecule has 1 aromatic heterocycles. The molecule has 1 saturated heterocycles. The molecule has 1 fully saturated rings. The number of carbonyl (C=O) groups excluding carboxylic acids is 1. The highest BCUT2D eigenvalue weighted by Crippen LogP contribution is 2.28. The molecule has 2 rings (SSSR count). The highest BCUT2D eigenvalue weighted by molar-refractivity contribution is 5.81. The van der Waals surface area contributed by atoms with Crippen molar-refractivity contribution in [2.45, 2.75) is 19.1 Å². The van der Waals surface area contributed by atoms with Gasteiger partial charge in [-0.1, -0.05) is 0 Å². The molecule has 0 radical (unpaired) electrons. The number of hydrogen-bond acceptors (Lipinski definition) is 5. The third-order valence-corrected chi connectivity index (χ3v) is 3.23. The number of rotatable bonds is 2. The van der Waals surface area contributed by atoms with Gasteiger partial charge in [-0.2, -0.15) is 13.2 Å². The van der Waals surface area contributed by atoms with E-state index in [1.807, 2.05) is 0 Å². The molecule has 116 valence electrons. The van der Waals surface area contributed by atoms with Gasteiger partial charge in [0, 0.05) is 38.6 Å². The zero-order valence-electron chi connectivity index (χ0n) is 11.5. The summed E-state index contributed by atoms with van der Waals surface area (Å²) < 4.78 is 37.3. The van der Waals surface area contributed by atoms with E-state index in [2.05, 4.69) is 9.97 Å². The van der Waals surface area contributed by atoms with Gasteiger partial charge >= 0.3 is 6.18 Å². The van der Waals surface area contributed by atoms with Crippen molar-refractivity contribution in [1.82, 2.24) is 14.9 Å². The molecule has 2 N–H and O–H groups in total. The zero-order chi connectivity index (χ0) is 15.6. The molecule has 0 saturated carbocycles. The van der Waals surface area contributed by atoms with Crippen molar-refractivity contribution in [2.75, 3.05) is 31.1 Å². The summed E-state index contributed by atoms with van der Waals surface area (Å²) in [4.78, 5) is 22.6. The number of alkyl halides is 3. The minimum absolute atomic E-state index is 0.136. The number of nitrogens with two attached hydrogens (primary N) is 1. The molecular formula is C12H16F3N5O. The number of anilines is 1. The van der Waals surface area contributed by atoms with Gasteiger partial charge in [0.2, 0.25) is 11.9 Å². The maximum atomic E-state index is 12.4. The normalized spacial score (nSPS) is 17.8. The molecule has 0 spiro atoms. The molecule has 0 aliphatic carbocycles. The van der Waals surface area contributed by atoms with Crippen molar-refractivity contribution in [3.05, 3.63) is 18.0 Å². The second-order valence-corrected chi connectivity index (χ2v) is 4.87. The van der Waals surface area contributed by atoms with Crippen molar-refractivity contribution in [3.8, 4) is 0 Å². The fraction of sp³-hybridized carbons (Fsp3) is 0.583. The molecule has 6 nitrogen and oxygen atoms in total. The van der Waals surface area contributed by atoms with E-state index < -0.39 is 17.8 Å². The Kier molecular flexibility index (Phi) is 4.31. The maximum Gasteiger partial charge on any atom is 0.419 e. The Balaban J connectivity index is 1.98. The van der Waals surface area contributed by atoms with Crippen LogP contribution in [0.5, 0.6) is 0 Å². The summed E-state index contributed by atoms with van der Waals surface area (Å²) in [7, 11) is 0. The summed E-state index contributed by atoms with van der Waals surface area (Å²) in [5, 5.41) is 0. The quantitative estimate of drug-likeness (QED) is 0.860. The van der Waals surface area contributed by atoms with Crippen LogP contribution in [0.15, 0.2) is 12.4 Å². The van der Waals surface area contributed by atoms with Crippen LogP contribution >= 0.6 is 0 Å². The number of piperazine rings is 1. The monoisotopic (exact) mass is 303 g/mol. The Bertz CT molecular complexity index is 495. The number of aromatic nitrogens is 2. The van der Waals surface area contributed by atoms with Crippen LogP contribution in [0.3, 0.4) is 0 Å². The molecular weight excluding hydrogens is 287 g/mol. The molecule has 1 aliphatic rings. The number of nitrogens with zero attached hydrogens (tertiary/aromatic N) is 4. The van der Waals surface area contributed by atoms with Crippen molar-refractivity contribution in [2.24, 2.45) is 5.73 Å². The smallest absolute Gasteiger partial charge is 0.338 e. The van der Waals surface area contributed by atoms with Gasteiger partial charge in [-0.05, 0) is 6.92 Å². The topological polar surface area (TPSA) is 75.4 Å². The fourth-order valence-electron chi connectivity index (χ4n) is 2.05. The summed E-state index contributed by atoms with van der Waals surface area (Å²) in [6.45, 7) is 3.44. The van der Waals surface area contributed by atoms with Crippen LogP contribution in [0.1, 0.15) is 12.5 Å². The minimum Gasteiger partial charge on any atom is -0.338 e. The molecule has 9 heteroatoms. The SMILES string of the molecule is CC(N)C(=O)N1CCN(c2ncc(C(F)(F)F)cn2)CC1. The maximum absolute atomic E-state index is 12.4. The van der Waals surface area contributed by atoms with Crippen LogP contribution < -0.4 is 10.6 Å². The summed E-state index contributed by atoms with van der Waals surface area (Å²) in [6.07, 6.45) is -2.91. The highest BCUT2D eigenvalue weighted by atomic mass is 19.4. The third kappa shape index (κ3) is 3.60. The van der Waals surface area contributed by atoms with Crippen LogP contribution in [-0.4, -0.2) is 53.0 Å². The van der Waals surface area contributed by atoms with E-state index in [1.165, 1.54) is 0 Å². The van der Waals surface area contributed by atoms with Gasteiger partial charge in [0.05, 0.1) is 11.6 Å². The lowest BCUT2D eigenvalue weighted by Crippen LogP contribution is -2.52. The van der Waals surface area contributed by atoms with Gasteiger partial charge in [0.25, 0.3) is 0 Å². The highest BCUT2D eigenvalue weighted by Gasteiger charge is 2.32. The predicted molar refractivity (Wildman–Crippen MR) is 69.5 cm³/mol. The first kappa shape index (κ1) is 15.5. The molecule has 1 aliphatic heterocycles. The first-order chi connectivity index (χ1) is 9.79. The summed E-state index contributed by atoms with van der Waals surface area (Å²) >= 11 is 0. The van der Waals surface area contributed by atoms with E-state index in [-0.39, 0.29) is 11.9 Å². The average Bonchev–Trinajstić information content (AvgIpc) is 2.46. The second-order valence-electron chi connectivity index (χ2n) is 4.87. The fourth-order valence-corrected chi connectivity index (χ4v) is 2.05. The molecule has 1 aromatic rings. The summed E-state index contributed by atoms with van der Waals surface area (Å²) in [5.41, 5.74) is 4.66. The first-order valence-electron chi connectivity index (χ1n) is 6.47. The van der Waals surface area contributed by atoms with Crippen molar-refractivity contribution in [1.29, 1.82) is 0 Å². The molecule has 1 atom stereocenters. The lowest BCUT2D eigenvalue weighted by atomic mass is 10.2. The van der Waals surface area contributed by atoms with E-state index in [4.69, 9.17) is 5.73 Å². The Morgan fingerprint density at radius 3 is 2.19 bits per heavy atom. The lowest BCUT2D eigenvalue weighted by molar-refractivity contribution is -0.138. The van der Waals surface area contributed by atoms with Gasteiger partial charge in [0.15, 0.2) is 0 Å².